The number of aliphatic hydroxyl groups is 1. The Bertz CT molecular complexity index is 725. The summed E-state index contributed by atoms with van der Waals surface area (Å²) >= 11 is 0. The van der Waals surface area contributed by atoms with Crippen LogP contribution in [0.2, 0.25) is 0 Å². The molecule has 1 aromatic carbocycles. The monoisotopic (exact) mass is 283 g/mol. The lowest BCUT2D eigenvalue weighted by Crippen LogP contribution is -2.22. The normalized spacial score (nSPS) is 12.5. The highest BCUT2D eigenvalue weighted by atomic mass is 16.3. The summed E-state index contributed by atoms with van der Waals surface area (Å²) in [5.41, 5.74) is 1.76. The van der Waals surface area contributed by atoms with Crippen LogP contribution in [0.5, 0.6) is 0 Å². The molecule has 0 bridgehead atoms. The minimum atomic E-state index is -0.478. The van der Waals surface area contributed by atoms with E-state index in [4.69, 9.17) is 0 Å². The van der Waals surface area contributed by atoms with E-state index in [0.29, 0.717) is 24.4 Å². The second-order valence-corrected chi connectivity index (χ2v) is 4.99. The van der Waals surface area contributed by atoms with Crippen LogP contribution in [0.4, 0.5) is 5.82 Å². The molecule has 2 N–H and O–H groups in total. The number of anilines is 1. The van der Waals surface area contributed by atoms with Crippen molar-refractivity contribution in [1.29, 1.82) is 0 Å². The van der Waals surface area contributed by atoms with Crippen LogP contribution in [0.25, 0.3) is 11.0 Å². The lowest BCUT2D eigenvalue weighted by Gasteiger charge is -2.12. The molecule has 108 valence electrons. The molecule has 2 aromatic heterocycles. The molecule has 3 rings (SSSR count). The highest BCUT2D eigenvalue weighted by Gasteiger charge is 2.10. The van der Waals surface area contributed by atoms with Crippen LogP contribution in [-0.4, -0.2) is 37.5 Å². The predicted molar refractivity (Wildman–Crippen MR) is 80.9 cm³/mol. The first-order chi connectivity index (χ1) is 10.2. The van der Waals surface area contributed by atoms with Crippen LogP contribution < -0.4 is 5.32 Å². The summed E-state index contributed by atoms with van der Waals surface area (Å²) in [4.78, 5) is 8.32. The minimum Gasteiger partial charge on any atom is -0.391 e. The van der Waals surface area contributed by atoms with E-state index >= 15 is 0 Å². The van der Waals surface area contributed by atoms with Crippen molar-refractivity contribution in [2.45, 2.75) is 12.5 Å². The first kappa shape index (κ1) is 13.5. The van der Waals surface area contributed by atoms with Crippen LogP contribution in [0.1, 0.15) is 5.56 Å². The van der Waals surface area contributed by atoms with E-state index in [-0.39, 0.29) is 0 Å². The smallest absolute Gasteiger partial charge is 0.186 e. The van der Waals surface area contributed by atoms with Gasteiger partial charge in [-0.1, -0.05) is 30.3 Å². The zero-order chi connectivity index (χ0) is 14.7. The maximum absolute atomic E-state index is 10.1. The Balaban J connectivity index is 1.66. The molecule has 21 heavy (non-hydrogen) atoms. The van der Waals surface area contributed by atoms with Crippen LogP contribution >= 0.6 is 0 Å². The molecule has 1 atom stereocenters. The van der Waals surface area contributed by atoms with Crippen molar-refractivity contribution in [1.82, 2.24) is 19.7 Å². The third-order valence-corrected chi connectivity index (χ3v) is 3.25. The third kappa shape index (κ3) is 3.17. The summed E-state index contributed by atoms with van der Waals surface area (Å²) in [6, 6.07) is 9.92. The molecule has 0 spiro atoms. The Hall–Kier alpha value is -2.47. The van der Waals surface area contributed by atoms with Crippen molar-refractivity contribution >= 4 is 16.9 Å². The Kier molecular flexibility index (Phi) is 3.79. The molecule has 0 fully saturated rings. The number of fused-ring (bicyclic) bond motifs is 1. The fraction of sp³-hybridized carbons (Fsp3) is 0.267. The lowest BCUT2D eigenvalue weighted by atomic mass is 10.1. The average molecular weight is 283 g/mol. The molecule has 0 aliphatic carbocycles. The van der Waals surface area contributed by atoms with Gasteiger partial charge < -0.3 is 10.4 Å². The van der Waals surface area contributed by atoms with Crippen LogP contribution in [0.3, 0.4) is 0 Å². The first-order valence-corrected chi connectivity index (χ1v) is 6.82. The van der Waals surface area contributed by atoms with E-state index in [2.05, 4.69) is 20.4 Å². The van der Waals surface area contributed by atoms with Gasteiger partial charge in [0.15, 0.2) is 5.65 Å². The SMILES string of the molecule is Cn1cc2c(NCC(O)Cc3ccccc3)ncnc2n1. The molecule has 3 aromatic rings. The largest absolute Gasteiger partial charge is 0.391 e. The zero-order valence-electron chi connectivity index (χ0n) is 11.8. The number of aryl methyl sites for hydroxylation is 1. The molecular weight excluding hydrogens is 266 g/mol. The van der Waals surface area contributed by atoms with Gasteiger partial charge in [-0.25, -0.2) is 9.97 Å². The molecular formula is C15H17N5O. The zero-order valence-corrected chi connectivity index (χ0v) is 11.8. The van der Waals surface area contributed by atoms with Crippen molar-refractivity contribution in [2.75, 3.05) is 11.9 Å². The molecule has 0 saturated heterocycles. The molecule has 0 radical (unpaired) electrons. The number of benzene rings is 1. The summed E-state index contributed by atoms with van der Waals surface area (Å²) in [6.45, 7) is 0.426. The lowest BCUT2D eigenvalue weighted by molar-refractivity contribution is 0.188. The molecule has 0 aliphatic heterocycles. The predicted octanol–water partition coefficient (Wildman–Crippen LogP) is 1.38. The van der Waals surface area contributed by atoms with Crippen molar-refractivity contribution in [3.63, 3.8) is 0 Å². The van der Waals surface area contributed by atoms with E-state index in [1.54, 1.807) is 4.68 Å². The van der Waals surface area contributed by atoms with Crippen LogP contribution in [-0.2, 0) is 13.5 Å². The van der Waals surface area contributed by atoms with Crippen molar-refractivity contribution in [3.05, 3.63) is 48.4 Å². The number of rotatable bonds is 5. The molecule has 0 saturated carbocycles. The van der Waals surface area contributed by atoms with Gasteiger partial charge in [0.1, 0.15) is 12.1 Å². The highest BCUT2D eigenvalue weighted by molar-refractivity contribution is 5.85. The van der Waals surface area contributed by atoms with Gasteiger partial charge in [-0.2, -0.15) is 5.10 Å². The molecule has 1 unspecified atom stereocenters. The number of hydrogen-bond donors (Lipinski definition) is 2. The summed E-state index contributed by atoms with van der Waals surface area (Å²) < 4.78 is 1.70. The number of hydrogen-bond acceptors (Lipinski definition) is 5. The van der Waals surface area contributed by atoms with Gasteiger partial charge >= 0.3 is 0 Å². The minimum absolute atomic E-state index is 0.426. The molecule has 0 aliphatic rings. The number of aromatic nitrogens is 4. The van der Waals surface area contributed by atoms with Gasteiger partial charge in [-0.3, -0.25) is 4.68 Å². The molecule has 2 heterocycles. The Labute approximate surface area is 122 Å². The van der Waals surface area contributed by atoms with Gasteiger partial charge in [0.25, 0.3) is 0 Å². The maximum atomic E-state index is 10.1. The van der Waals surface area contributed by atoms with Crippen LogP contribution in [0, 0.1) is 0 Å². The Morgan fingerprint density at radius 3 is 2.86 bits per heavy atom. The standard InChI is InChI=1S/C15H17N5O/c1-20-9-13-14(17-10-18-15(13)19-20)16-8-12(21)7-11-5-3-2-4-6-11/h2-6,9-10,12,21H,7-8H2,1H3,(H,16,17,18,19). The van der Waals surface area contributed by atoms with Gasteiger partial charge in [0, 0.05) is 26.2 Å². The summed E-state index contributed by atoms with van der Waals surface area (Å²) in [5.74, 6) is 0.695. The molecule has 6 nitrogen and oxygen atoms in total. The fourth-order valence-corrected chi connectivity index (χ4v) is 2.26. The maximum Gasteiger partial charge on any atom is 0.186 e. The molecule has 6 heteroatoms. The Morgan fingerprint density at radius 1 is 1.24 bits per heavy atom. The molecule has 0 amide bonds. The van der Waals surface area contributed by atoms with E-state index in [1.807, 2.05) is 43.6 Å². The highest BCUT2D eigenvalue weighted by Crippen LogP contribution is 2.17. The summed E-state index contributed by atoms with van der Waals surface area (Å²) in [7, 11) is 1.84. The van der Waals surface area contributed by atoms with Crippen molar-refractivity contribution in [3.8, 4) is 0 Å². The quantitative estimate of drug-likeness (QED) is 0.740. The second kappa shape index (κ2) is 5.88. The summed E-state index contributed by atoms with van der Waals surface area (Å²) in [5, 5.41) is 18.4. The third-order valence-electron chi connectivity index (χ3n) is 3.25. The van der Waals surface area contributed by atoms with Crippen molar-refractivity contribution in [2.24, 2.45) is 7.05 Å². The average Bonchev–Trinajstić information content (AvgIpc) is 2.87. The van der Waals surface area contributed by atoms with Gasteiger partial charge in [0.2, 0.25) is 0 Å². The topological polar surface area (TPSA) is 75.9 Å². The summed E-state index contributed by atoms with van der Waals surface area (Å²) in [6.07, 6.45) is 3.46. The number of nitrogens with one attached hydrogen (secondary N) is 1. The number of aliphatic hydroxyl groups excluding tert-OH is 1. The van der Waals surface area contributed by atoms with Gasteiger partial charge in [0.05, 0.1) is 11.5 Å². The van der Waals surface area contributed by atoms with E-state index in [1.165, 1.54) is 6.33 Å². The van der Waals surface area contributed by atoms with E-state index < -0.39 is 6.10 Å². The van der Waals surface area contributed by atoms with Gasteiger partial charge in [-0.05, 0) is 5.56 Å². The van der Waals surface area contributed by atoms with Gasteiger partial charge in [-0.15, -0.1) is 0 Å². The van der Waals surface area contributed by atoms with Crippen LogP contribution in [0.15, 0.2) is 42.9 Å². The van der Waals surface area contributed by atoms with Crippen molar-refractivity contribution < 1.29 is 5.11 Å². The number of nitrogens with zero attached hydrogens (tertiary/aromatic N) is 4. The fourth-order valence-electron chi connectivity index (χ4n) is 2.26. The van der Waals surface area contributed by atoms with E-state index in [9.17, 15) is 5.11 Å². The van der Waals surface area contributed by atoms with E-state index in [0.717, 1.165) is 10.9 Å². The second-order valence-electron chi connectivity index (χ2n) is 4.99. The first-order valence-electron chi connectivity index (χ1n) is 6.82. The Morgan fingerprint density at radius 2 is 2.05 bits per heavy atom.